The first-order valence-electron chi connectivity index (χ1n) is 10.6. The van der Waals surface area contributed by atoms with Gasteiger partial charge < -0.3 is 10.0 Å². The average molecular weight is 403 g/mol. The van der Waals surface area contributed by atoms with E-state index < -0.39 is 0 Å². The fourth-order valence-corrected chi connectivity index (χ4v) is 4.24. The number of hydrogen-bond acceptors (Lipinski definition) is 5. The van der Waals surface area contributed by atoms with Gasteiger partial charge in [0, 0.05) is 31.3 Å². The number of amides is 1. The summed E-state index contributed by atoms with van der Waals surface area (Å²) in [6.07, 6.45) is 8.66. The van der Waals surface area contributed by atoms with E-state index in [9.17, 15) is 9.90 Å². The molecular weight excluding hydrogens is 378 g/mol. The predicted octanol–water partition coefficient (Wildman–Crippen LogP) is 2.76. The molecule has 1 aromatic carbocycles. The van der Waals surface area contributed by atoms with Crippen LogP contribution in [0, 0.1) is 0 Å². The Morgan fingerprint density at radius 3 is 2.80 bits per heavy atom. The average Bonchev–Trinajstić information content (AvgIpc) is 3.54. The van der Waals surface area contributed by atoms with Gasteiger partial charge in [-0.15, -0.1) is 0 Å². The van der Waals surface area contributed by atoms with Crippen LogP contribution in [0.25, 0.3) is 17.2 Å². The molecular formula is C23H25N5O2. The first-order valence-corrected chi connectivity index (χ1v) is 10.6. The molecule has 0 spiro atoms. The van der Waals surface area contributed by atoms with E-state index in [1.165, 1.54) is 10.5 Å². The molecule has 1 saturated carbocycles. The molecule has 30 heavy (non-hydrogen) atoms. The molecule has 0 bridgehead atoms. The van der Waals surface area contributed by atoms with E-state index in [4.69, 9.17) is 4.98 Å². The SMILES string of the molecule is CN(CCO)C(=O)c1cnn(-c2ncc3c(n2)-c2ccccc2CCC3)c1C1CC1. The van der Waals surface area contributed by atoms with Crippen LogP contribution in [0.4, 0.5) is 0 Å². The zero-order chi connectivity index (χ0) is 20.7. The van der Waals surface area contributed by atoms with Crippen molar-refractivity contribution in [2.24, 2.45) is 0 Å². The minimum atomic E-state index is -0.127. The first-order chi connectivity index (χ1) is 14.7. The zero-order valence-electron chi connectivity index (χ0n) is 17.1. The van der Waals surface area contributed by atoms with Gasteiger partial charge in [-0.1, -0.05) is 24.3 Å². The standard InChI is InChI=1S/C23H25N5O2/c1-27(11-12-29)22(30)19-14-25-28(21(19)16-9-10-16)23-24-13-17-7-4-6-15-5-2-3-8-18(15)20(17)26-23/h2-3,5,8,13-14,16,29H,4,6-7,9-12H2,1H3. The highest BCUT2D eigenvalue weighted by molar-refractivity contribution is 5.95. The maximum absolute atomic E-state index is 12.9. The van der Waals surface area contributed by atoms with E-state index in [1.807, 2.05) is 12.3 Å². The Bertz CT molecular complexity index is 1100. The van der Waals surface area contributed by atoms with Crippen molar-refractivity contribution in [2.45, 2.75) is 38.0 Å². The molecule has 5 rings (SSSR count). The van der Waals surface area contributed by atoms with E-state index in [1.54, 1.807) is 17.9 Å². The summed E-state index contributed by atoms with van der Waals surface area (Å²) in [6.45, 7) is 0.225. The topological polar surface area (TPSA) is 84.1 Å². The molecule has 7 nitrogen and oxygen atoms in total. The Morgan fingerprint density at radius 2 is 2.00 bits per heavy atom. The van der Waals surface area contributed by atoms with Crippen molar-refractivity contribution in [3.63, 3.8) is 0 Å². The van der Waals surface area contributed by atoms with Crippen LogP contribution in [-0.2, 0) is 12.8 Å². The zero-order valence-corrected chi connectivity index (χ0v) is 17.1. The summed E-state index contributed by atoms with van der Waals surface area (Å²) < 4.78 is 1.74. The summed E-state index contributed by atoms with van der Waals surface area (Å²) in [6, 6.07) is 8.42. The predicted molar refractivity (Wildman–Crippen MR) is 113 cm³/mol. The molecule has 0 atom stereocenters. The molecule has 1 fully saturated rings. The lowest BCUT2D eigenvalue weighted by molar-refractivity contribution is 0.0765. The van der Waals surface area contributed by atoms with Crippen LogP contribution in [0.5, 0.6) is 0 Å². The number of likely N-dealkylation sites (N-methyl/N-ethyl adjacent to an activating group) is 1. The molecule has 2 aliphatic carbocycles. The van der Waals surface area contributed by atoms with Crippen molar-refractivity contribution in [3.8, 4) is 17.2 Å². The molecule has 0 aliphatic heterocycles. The van der Waals surface area contributed by atoms with Gasteiger partial charge in [0.15, 0.2) is 0 Å². The van der Waals surface area contributed by atoms with Crippen molar-refractivity contribution in [1.82, 2.24) is 24.6 Å². The third-order valence-corrected chi connectivity index (χ3v) is 5.99. The minimum absolute atomic E-state index is 0.0670. The first kappa shape index (κ1) is 18.9. The molecule has 2 heterocycles. The molecule has 0 radical (unpaired) electrons. The van der Waals surface area contributed by atoms with Crippen LogP contribution in [0.15, 0.2) is 36.7 Å². The molecule has 3 aromatic rings. The Morgan fingerprint density at radius 1 is 1.20 bits per heavy atom. The highest BCUT2D eigenvalue weighted by Gasteiger charge is 2.34. The number of aliphatic hydroxyl groups excluding tert-OH is 1. The van der Waals surface area contributed by atoms with Gasteiger partial charge in [-0.2, -0.15) is 5.10 Å². The maximum Gasteiger partial charge on any atom is 0.257 e. The number of carbonyl (C=O) groups is 1. The Balaban J connectivity index is 1.60. The summed E-state index contributed by atoms with van der Waals surface area (Å²) >= 11 is 0. The third kappa shape index (κ3) is 3.29. The van der Waals surface area contributed by atoms with Crippen molar-refractivity contribution in [2.75, 3.05) is 20.2 Å². The van der Waals surface area contributed by atoms with Crippen LogP contribution < -0.4 is 0 Å². The van der Waals surface area contributed by atoms with Crippen molar-refractivity contribution in [1.29, 1.82) is 0 Å². The fourth-order valence-electron chi connectivity index (χ4n) is 4.24. The van der Waals surface area contributed by atoms with Crippen molar-refractivity contribution < 1.29 is 9.90 Å². The van der Waals surface area contributed by atoms with E-state index in [-0.39, 0.29) is 12.5 Å². The van der Waals surface area contributed by atoms with Gasteiger partial charge >= 0.3 is 0 Å². The minimum Gasteiger partial charge on any atom is -0.395 e. The number of nitrogens with zero attached hydrogens (tertiary/aromatic N) is 5. The highest BCUT2D eigenvalue weighted by atomic mass is 16.3. The number of aliphatic hydroxyl groups is 1. The van der Waals surface area contributed by atoms with Gasteiger partial charge in [-0.25, -0.2) is 14.6 Å². The summed E-state index contributed by atoms with van der Waals surface area (Å²) in [5.74, 6) is 0.678. The molecule has 154 valence electrons. The summed E-state index contributed by atoms with van der Waals surface area (Å²) in [5.41, 5.74) is 6.05. The van der Waals surface area contributed by atoms with Crippen molar-refractivity contribution in [3.05, 3.63) is 59.0 Å². The molecule has 2 aromatic heterocycles. The van der Waals surface area contributed by atoms with Crippen LogP contribution in [0.1, 0.15) is 52.4 Å². The van der Waals surface area contributed by atoms with Crippen LogP contribution >= 0.6 is 0 Å². The molecule has 2 aliphatic rings. The van der Waals surface area contributed by atoms with Crippen molar-refractivity contribution >= 4 is 5.91 Å². The lowest BCUT2D eigenvalue weighted by Gasteiger charge is -2.16. The lowest BCUT2D eigenvalue weighted by atomic mass is 10.0. The van der Waals surface area contributed by atoms with Crippen LogP contribution in [0.3, 0.4) is 0 Å². The lowest BCUT2D eigenvalue weighted by Crippen LogP contribution is -2.30. The van der Waals surface area contributed by atoms with Crippen LogP contribution in [0.2, 0.25) is 0 Å². The van der Waals surface area contributed by atoms with Gasteiger partial charge in [0.25, 0.3) is 11.9 Å². The largest absolute Gasteiger partial charge is 0.395 e. The molecule has 1 amide bonds. The monoisotopic (exact) mass is 403 g/mol. The Kier molecular flexibility index (Phi) is 4.83. The number of aromatic nitrogens is 4. The molecule has 1 N–H and O–H groups in total. The number of benzene rings is 1. The molecule has 7 heteroatoms. The molecule has 0 saturated heterocycles. The van der Waals surface area contributed by atoms with E-state index in [2.05, 4.69) is 28.3 Å². The summed E-state index contributed by atoms with van der Waals surface area (Å²) in [4.78, 5) is 24.0. The van der Waals surface area contributed by atoms with E-state index in [0.29, 0.717) is 24.0 Å². The second-order valence-corrected chi connectivity index (χ2v) is 8.13. The molecule has 0 unspecified atom stereocenters. The summed E-state index contributed by atoms with van der Waals surface area (Å²) in [7, 11) is 1.70. The van der Waals surface area contributed by atoms with Gasteiger partial charge in [-0.3, -0.25) is 4.79 Å². The number of rotatable bonds is 5. The third-order valence-electron chi connectivity index (χ3n) is 5.99. The second kappa shape index (κ2) is 7.65. The number of hydrogen-bond donors (Lipinski definition) is 1. The summed E-state index contributed by atoms with van der Waals surface area (Å²) in [5, 5.41) is 13.7. The smallest absolute Gasteiger partial charge is 0.257 e. The Labute approximate surface area is 175 Å². The Hall–Kier alpha value is -3.06. The number of aryl methyl sites for hydroxylation is 2. The highest BCUT2D eigenvalue weighted by Crippen LogP contribution is 2.42. The quantitative estimate of drug-likeness (QED) is 0.708. The maximum atomic E-state index is 12.9. The van der Waals surface area contributed by atoms with Gasteiger partial charge in [0.2, 0.25) is 0 Å². The van der Waals surface area contributed by atoms with E-state index in [0.717, 1.165) is 54.6 Å². The van der Waals surface area contributed by atoms with Gasteiger partial charge in [-0.05, 0) is 43.2 Å². The fraction of sp³-hybridized carbons (Fsp3) is 0.391. The number of fused-ring (bicyclic) bond motifs is 3. The number of carbonyl (C=O) groups excluding carboxylic acids is 1. The second-order valence-electron chi connectivity index (χ2n) is 8.13. The van der Waals surface area contributed by atoms with Gasteiger partial charge in [0.1, 0.15) is 0 Å². The normalized spacial score (nSPS) is 15.3. The van der Waals surface area contributed by atoms with Gasteiger partial charge in [0.05, 0.1) is 29.8 Å². The van der Waals surface area contributed by atoms with Crippen LogP contribution in [-0.4, -0.2) is 55.9 Å². The van der Waals surface area contributed by atoms with E-state index >= 15 is 0 Å².